The molecule has 0 aromatic heterocycles. The largest absolute Gasteiger partial charge is 0.467 e. The fourth-order valence-electron chi connectivity index (χ4n) is 3.19. The molecule has 1 aliphatic heterocycles. The van der Waals surface area contributed by atoms with Crippen LogP contribution in [0.25, 0.3) is 0 Å². The quantitative estimate of drug-likeness (QED) is 0.172. The maximum absolute atomic E-state index is 12.9. The highest BCUT2D eigenvalue weighted by Gasteiger charge is 2.76. The highest BCUT2D eigenvalue weighted by Crippen LogP contribution is 2.44. The van der Waals surface area contributed by atoms with Gasteiger partial charge >= 0.3 is 17.9 Å². The maximum Gasteiger partial charge on any atom is 0.345 e. The van der Waals surface area contributed by atoms with Gasteiger partial charge in [-0.05, 0) is 12.8 Å². The Bertz CT molecular complexity index is 672. The van der Waals surface area contributed by atoms with Gasteiger partial charge in [-0.3, -0.25) is 9.59 Å². The summed E-state index contributed by atoms with van der Waals surface area (Å²) in [5.41, 5.74) is -2.43. The molecule has 1 heterocycles. The van der Waals surface area contributed by atoms with Crippen molar-refractivity contribution in [2.45, 2.75) is 32.4 Å². The summed E-state index contributed by atoms with van der Waals surface area (Å²) in [6.07, 6.45) is 2.52. The third-order valence-corrected chi connectivity index (χ3v) is 4.33. The van der Waals surface area contributed by atoms with Crippen LogP contribution in [-0.4, -0.2) is 66.4 Å². The minimum atomic E-state index is -2.43. The van der Waals surface area contributed by atoms with Crippen molar-refractivity contribution in [1.82, 2.24) is 4.90 Å². The SMILES string of the molecule is C=CCOC(=O)C1(C(=O)OCC=C)[C@H](C(C)=O)C(=O)N1[C@@H](C(=O)OC)C(C)C. The normalized spacial score (nSPS) is 18.5. The fourth-order valence-corrected chi connectivity index (χ4v) is 3.19. The smallest absolute Gasteiger partial charge is 0.345 e. The molecule has 0 aliphatic carbocycles. The van der Waals surface area contributed by atoms with Gasteiger partial charge in [0.1, 0.15) is 31.0 Å². The number of ketones is 1. The lowest BCUT2D eigenvalue weighted by Gasteiger charge is -2.54. The first kappa shape index (κ1) is 23.1. The van der Waals surface area contributed by atoms with E-state index >= 15 is 0 Å². The summed E-state index contributed by atoms with van der Waals surface area (Å²) < 4.78 is 14.8. The van der Waals surface area contributed by atoms with Crippen LogP contribution < -0.4 is 0 Å². The summed E-state index contributed by atoms with van der Waals surface area (Å²) in [5.74, 6) is -7.02. The zero-order chi connectivity index (χ0) is 21.6. The van der Waals surface area contributed by atoms with Crippen molar-refractivity contribution >= 4 is 29.6 Å². The van der Waals surface area contributed by atoms with Crippen molar-refractivity contribution in [3.05, 3.63) is 25.3 Å². The molecule has 154 valence electrons. The molecule has 1 saturated heterocycles. The van der Waals surface area contributed by atoms with E-state index in [4.69, 9.17) is 14.2 Å². The van der Waals surface area contributed by atoms with E-state index in [2.05, 4.69) is 13.2 Å². The molecule has 1 fully saturated rings. The summed E-state index contributed by atoms with van der Waals surface area (Å²) in [6.45, 7) is 10.6. The third-order valence-electron chi connectivity index (χ3n) is 4.33. The molecule has 0 N–H and O–H groups in total. The van der Waals surface area contributed by atoms with Crippen molar-refractivity contribution in [3.63, 3.8) is 0 Å². The highest BCUT2D eigenvalue weighted by molar-refractivity contribution is 6.25. The summed E-state index contributed by atoms with van der Waals surface area (Å²) in [4.78, 5) is 63.9. The van der Waals surface area contributed by atoms with Crippen LogP contribution in [0.2, 0.25) is 0 Å². The van der Waals surface area contributed by atoms with E-state index in [-0.39, 0.29) is 13.2 Å². The summed E-state index contributed by atoms with van der Waals surface area (Å²) >= 11 is 0. The number of ether oxygens (including phenoxy) is 3. The Kier molecular flexibility index (Phi) is 7.66. The number of methoxy groups -OCH3 is 1. The Morgan fingerprint density at radius 3 is 1.89 bits per heavy atom. The Balaban J connectivity index is 3.65. The number of amides is 1. The van der Waals surface area contributed by atoms with Crippen LogP contribution in [-0.2, 0) is 38.2 Å². The van der Waals surface area contributed by atoms with E-state index in [9.17, 15) is 24.0 Å². The first-order chi connectivity index (χ1) is 13.1. The van der Waals surface area contributed by atoms with Gasteiger partial charge in [-0.15, -0.1) is 0 Å². The standard InChI is InChI=1S/C19H25NO8/c1-7-9-27-17(24)19(18(25)28-10-8-2)13(12(5)21)15(22)20(19)14(11(3)4)16(23)26-6/h7-8,11,13-14H,1-2,9-10H2,3-6H3/t13-,14-/m1/s1. The second-order valence-electron chi connectivity index (χ2n) is 6.50. The van der Waals surface area contributed by atoms with Crippen LogP contribution in [0.1, 0.15) is 20.8 Å². The van der Waals surface area contributed by atoms with E-state index in [0.29, 0.717) is 0 Å². The maximum atomic E-state index is 12.9. The molecule has 28 heavy (non-hydrogen) atoms. The third kappa shape index (κ3) is 3.69. The Labute approximate surface area is 163 Å². The molecule has 1 amide bonds. The lowest BCUT2D eigenvalue weighted by molar-refractivity contribution is -0.211. The molecule has 0 aromatic carbocycles. The van der Waals surface area contributed by atoms with Gasteiger partial charge < -0.3 is 19.1 Å². The van der Waals surface area contributed by atoms with Gasteiger partial charge in [-0.1, -0.05) is 39.2 Å². The monoisotopic (exact) mass is 395 g/mol. The number of β-lactam (4-membered cyclic amide) rings is 1. The molecule has 9 nitrogen and oxygen atoms in total. The molecule has 0 spiro atoms. The number of Topliss-reactive ketones (excluding diaryl/α,β-unsaturated/α-hetero) is 1. The Morgan fingerprint density at radius 2 is 1.57 bits per heavy atom. The van der Waals surface area contributed by atoms with E-state index in [1.54, 1.807) is 13.8 Å². The van der Waals surface area contributed by atoms with Gasteiger partial charge in [-0.2, -0.15) is 0 Å². The lowest BCUT2D eigenvalue weighted by Crippen LogP contribution is -2.83. The number of carbonyl (C=O) groups is 5. The van der Waals surface area contributed by atoms with Crippen molar-refractivity contribution in [2.75, 3.05) is 20.3 Å². The van der Waals surface area contributed by atoms with E-state index in [0.717, 1.165) is 18.9 Å². The summed E-state index contributed by atoms with van der Waals surface area (Å²) in [7, 11) is 1.11. The van der Waals surface area contributed by atoms with Crippen LogP contribution in [0.15, 0.2) is 25.3 Å². The number of esters is 3. The van der Waals surface area contributed by atoms with Crippen LogP contribution in [0.4, 0.5) is 0 Å². The predicted molar refractivity (Wildman–Crippen MR) is 96.7 cm³/mol. The number of hydrogen-bond donors (Lipinski definition) is 0. The second-order valence-corrected chi connectivity index (χ2v) is 6.50. The number of hydrogen-bond acceptors (Lipinski definition) is 8. The average Bonchev–Trinajstić information content (AvgIpc) is 2.64. The number of carbonyl (C=O) groups excluding carboxylic acids is 5. The molecule has 0 unspecified atom stereocenters. The molecule has 0 saturated carbocycles. The zero-order valence-electron chi connectivity index (χ0n) is 16.4. The first-order valence-corrected chi connectivity index (χ1v) is 8.60. The van der Waals surface area contributed by atoms with E-state index in [1.807, 2.05) is 0 Å². The van der Waals surface area contributed by atoms with Crippen LogP contribution in [0.5, 0.6) is 0 Å². The Hall–Kier alpha value is -2.97. The minimum Gasteiger partial charge on any atom is -0.467 e. The van der Waals surface area contributed by atoms with Gasteiger partial charge in [-0.25, -0.2) is 14.4 Å². The van der Waals surface area contributed by atoms with Crippen molar-refractivity contribution in [2.24, 2.45) is 11.8 Å². The van der Waals surface area contributed by atoms with Gasteiger partial charge in [0.05, 0.1) is 7.11 Å². The van der Waals surface area contributed by atoms with Crippen LogP contribution >= 0.6 is 0 Å². The van der Waals surface area contributed by atoms with Gasteiger partial charge in [0, 0.05) is 0 Å². The molecule has 0 aromatic rings. The van der Waals surface area contributed by atoms with Crippen molar-refractivity contribution in [3.8, 4) is 0 Å². The zero-order valence-corrected chi connectivity index (χ0v) is 16.4. The number of likely N-dealkylation sites (tertiary alicyclic amines) is 1. The minimum absolute atomic E-state index is 0.271. The molecular weight excluding hydrogens is 370 g/mol. The Morgan fingerprint density at radius 1 is 1.11 bits per heavy atom. The summed E-state index contributed by atoms with van der Waals surface area (Å²) in [5, 5.41) is 0. The van der Waals surface area contributed by atoms with Crippen LogP contribution in [0, 0.1) is 11.8 Å². The van der Waals surface area contributed by atoms with Crippen molar-refractivity contribution in [1.29, 1.82) is 0 Å². The van der Waals surface area contributed by atoms with Crippen LogP contribution in [0.3, 0.4) is 0 Å². The molecule has 0 radical (unpaired) electrons. The van der Waals surface area contributed by atoms with Crippen molar-refractivity contribution < 1.29 is 38.2 Å². The first-order valence-electron chi connectivity index (χ1n) is 8.60. The second kappa shape index (κ2) is 9.29. The van der Waals surface area contributed by atoms with Gasteiger partial charge in [0.2, 0.25) is 5.91 Å². The fraction of sp³-hybridized carbons (Fsp3) is 0.526. The summed E-state index contributed by atoms with van der Waals surface area (Å²) in [6, 6.07) is -1.30. The van der Waals surface area contributed by atoms with Gasteiger partial charge in [0.15, 0.2) is 0 Å². The molecule has 9 heteroatoms. The molecular formula is C19H25NO8. The lowest BCUT2D eigenvalue weighted by atomic mass is 9.68. The van der Waals surface area contributed by atoms with E-state index < -0.39 is 53.0 Å². The topological polar surface area (TPSA) is 116 Å². The molecule has 0 bridgehead atoms. The number of rotatable bonds is 10. The van der Waals surface area contributed by atoms with Gasteiger partial charge in [0.25, 0.3) is 5.54 Å². The number of nitrogens with zero attached hydrogens (tertiary/aromatic N) is 1. The molecule has 1 rings (SSSR count). The molecule has 2 atom stereocenters. The predicted octanol–water partition coefficient (Wildman–Crippen LogP) is 0.429. The van der Waals surface area contributed by atoms with E-state index in [1.165, 1.54) is 12.2 Å². The highest BCUT2D eigenvalue weighted by atomic mass is 16.6. The molecule has 1 aliphatic rings. The average molecular weight is 395 g/mol.